The number of likely N-dealkylation sites (tertiary alicyclic amines) is 1. The molecule has 0 aliphatic carbocycles. The van der Waals surface area contributed by atoms with Crippen LogP contribution in [0.1, 0.15) is 16.8 Å². The van der Waals surface area contributed by atoms with E-state index in [0.717, 1.165) is 11.0 Å². The Labute approximate surface area is 98.1 Å². The maximum Gasteiger partial charge on any atom is 0.254 e. The molecule has 17 heavy (non-hydrogen) atoms. The highest BCUT2D eigenvalue weighted by atomic mass is 16.3. The Kier molecular flexibility index (Phi) is 2.33. The number of H-pyrrole nitrogens is 1. The fourth-order valence-electron chi connectivity index (χ4n) is 2.18. The lowest BCUT2D eigenvalue weighted by Crippen LogP contribution is -2.29. The maximum absolute atomic E-state index is 12.1. The lowest BCUT2D eigenvalue weighted by molar-refractivity contribution is 0.0765. The van der Waals surface area contributed by atoms with Crippen LogP contribution >= 0.6 is 0 Å². The number of amides is 1. The van der Waals surface area contributed by atoms with Crippen molar-refractivity contribution in [2.45, 2.75) is 12.5 Å². The Hall–Kier alpha value is -1.88. The summed E-state index contributed by atoms with van der Waals surface area (Å²) in [6.07, 6.45) is 1.89. The highest BCUT2D eigenvalue weighted by Crippen LogP contribution is 2.16. The zero-order valence-corrected chi connectivity index (χ0v) is 9.26. The number of hydrogen-bond donors (Lipinski definition) is 2. The van der Waals surface area contributed by atoms with Gasteiger partial charge in [-0.2, -0.15) is 0 Å². The molecule has 3 rings (SSSR count). The standard InChI is InChI=1S/C12H13N3O2/c16-9-3-4-15(6-9)12(17)8-1-2-10-11(5-8)14-7-13-10/h1-2,5,7,9,16H,3-4,6H2,(H,13,14)/t9-/m0/s1. The van der Waals surface area contributed by atoms with Crippen molar-refractivity contribution in [1.82, 2.24) is 14.9 Å². The summed E-state index contributed by atoms with van der Waals surface area (Å²) in [5, 5.41) is 9.42. The van der Waals surface area contributed by atoms with Crippen molar-refractivity contribution in [3.05, 3.63) is 30.1 Å². The van der Waals surface area contributed by atoms with Gasteiger partial charge in [0.25, 0.3) is 5.91 Å². The number of nitrogens with one attached hydrogen (secondary N) is 1. The number of aliphatic hydroxyl groups excluding tert-OH is 1. The first-order valence-corrected chi connectivity index (χ1v) is 5.64. The number of aromatic nitrogens is 2. The molecule has 1 aliphatic rings. The summed E-state index contributed by atoms with van der Waals surface area (Å²) >= 11 is 0. The maximum atomic E-state index is 12.1. The highest BCUT2D eigenvalue weighted by Gasteiger charge is 2.25. The van der Waals surface area contributed by atoms with Crippen LogP contribution in [0.4, 0.5) is 0 Å². The first-order valence-electron chi connectivity index (χ1n) is 5.64. The van der Waals surface area contributed by atoms with E-state index in [0.29, 0.717) is 25.1 Å². The van der Waals surface area contributed by atoms with Crippen LogP contribution in [0, 0.1) is 0 Å². The zero-order valence-electron chi connectivity index (χ0n) is 9.26. The largest absolute Gasteiger partial charge is 0.391 e. The lowest BCUT2D eigenvalue weighted by Gasteiger charge is -2.15. The molecule has 1 fully saturated rings. The average Bonchev–Trinajstić information content (AvgIpc) is 2.95. The van der Waals surface area contributed by atoms with E-state index >= 15 is 0 Å². The zero-order chi connectivity index (χ0) is 11.8. The van der Waals surface area contributed by atoms with Crippen LogP contribution in [0.15, 0.2) is 24.5 Å². The second-order valence-corrected chi connectivity index (χ2v) is 4.33. The van der Waals surface area contributed by atoms with Crippen molar-refractivity contribution >= 4 is 16.9 Å². The van der Waals surface area contributed by atoms with Crippen molar-refractivity contribution in [2.24, 2.45) is 0 Å². The van der Waals surface area contributed by atoms with Gasteiger partial charge >= 0.3 is 0 Å². The molecule has 0 bridgehead atoms. The molecular formula is C12H13N3O2. The second kappa shape index (κ2) is 3.85. The van der Waals surface area contributed by atoms with Gasteiger partial charge < -0.3 is 15.0 Å². The molecule has 2 aromatic rings. The van der Waals surface area contributed by atoms with Gasteiger partial charge in [0.15, 0.2) is 0 Å². The molecule has 2 N–H and O–H groups in total. The molecule has 1 atom stereocenters. The molecule has 1 saturated heterocycles. The molecule has 1 aromatic carbocycles. The van der Waals surface area contributed by atoms with Crippen LogP contribution in [0.2, 0.25) is 0 Å². The Morgan fingerprint density at radius 3 is 3.18 bits per heavy atom. The summed E-state index contributed by atoms with van der Waals surface area (Å²) in [5.74, 6) is -0.0296. The van der Waals surface area contributed by atoms with E-state index in [2.05, 4.69) is 9.97 Å². The van der Waals surface area contributed by atoms with E-state index in [1.54, 1.807) is 23.4 Å². The van der Waals surface area contributed by atoms with Crippen LogP contribution in [0.3, 0.4) is 0 Å². The fourth-order valence-corrected chi connectivity index (χ4v) is 2.18. The van der Waals surface area contributed by atoms with Crippen molar-refractivity contribution in [2.75, 3.05) is 13.1 Å². The molecule has 0 saturated carbocycles. The van der Waals surface area contributed by atoms with Gasteiger partial charge in [-0.1, -0.05) is 0 Å². The number of aliphatic hydroxyl groups is 1. The number of nitrogens with zero attached hydrogens (tertiary/aromatic N) is 2. The molecule has 0 unspecified atom stereocenters. The topological polar surface area (TPSA) is 69.2 Å². The molecule has 1 aromatic heterocycles. The molecule has 1 amide bonds. The number of aromatic amines is 1. The fraction of sp³-hybridized carbons (Fsp3) is 0.333. The van der Waals surface area contributed by atoms with Crippen molar-refractivity contribution in [3.8, 4) is 0 Å². The summed E-state index contributed by atoms with van der Waals surface area (Å²) < 4.78 is 0. The third-order valence-electron chi connectivity index (χ3n) is 3.12. The van der Waals surface area contributed by atoms with Crippen LogP contribution in [0.25, 0.3) is 11.0 Å². The lowest BCUT2D eigenvalue weighted by atomic mass is 10.2. The summed E-state index contributed by atoms with van der Waals surface area (Å²) in [5.41, 5.74) is 2.34. The molecule has 0 spiro atoms. The van der Waals surface area contributed by atoms with Crippen LogP contribution in [-0.4, -0.2) is 45.1 Å². The van der Waals surface area contributed by atoms with Crippen molar-refractivity contribution < 1.29 is 9.90 Å². The summed E-state index contributed by atoms with van der Waals surface area (Å²) in [4.78, 5) is 20.9. The van der Waals surface area contributed by atoms with E-state index in [-0.39, 0.29) is 12.0 Å². The predicted molar refractivity (Wildman–Crippen MR) is 62.6 cm³/mol. The Morgan fingerprint density at radius 2 is 2.41 bits per heavy atom. The number of imidazole rings is 1. The number of rotatable bonds is 1. The average molecular weight is 231 g/mol. The van der Waals surface area contributed by atoms with Gasteiger partial charge in [0, 0.05) is 18.7 Å². The molecular weight excluding hydrogens is 218 g/mol. The van der Waals surface area contributed by atoms with Crippen LogP contribution in [-0.2, 0) is 0 Å². The highest BCUT2D eigenvalue weighted by molar-refractivity contribution is 5.97. The monoisotopic (exact) mass is 231 g/mol. The van der Waals surface area contributed by atoms with E-state index in [9.17, 15) is 9.90 Å². The minimum absolute atomic E-state index is 0.0296. The number of fused-ring (bicyclic) bond motifs is 1. The number of β-amino-alcohol motifs (C(OH)–C–C–N with tert-alkyl or cyclic N) is 1. The molecule has 88 valence electrons. The second-order valence-electron chi connectivity index (χ2n) is 4.33. The van der Waals surface area contributed by atoms with E-state index in [1.807, 2.05) is 6.07 Å². The van der Waals surface area contributed by atoms with E-state index < -0.39 is 0 Å². The summed E-state index contributed by atoms with van der Waals surface area (Å²) in [7, 11) is 0. The third kappa shape index (κ3) is 1.78. The quantitative estimate of drug-likeness (QED) is 0.761. The Morgan fingerprint density at radius 1 is 1.53 bits per heavy atom. The summed E-state index contributed by atoms with van der Waals surface area (Å²) in [6.45, 7) is 1.06. The molecule has 1 aliphatic heterocycles. The molecule has 5 nitrogen and oxygen atoms in total. The number of carbonyl (C=O) groups is 1. The van der Waals surface area contributed by atoms with Crippen LogP contribution < -0.4 is 0 Å². The number of hydrogen-bond acceptors (Lipinski definition) is 3. The summed E-state index contributed by atoms with van der Waals surface area (Å²) in [6, 6.07) is 5.40. The predicted octanol–water partition coefficient (Wildman–Crippen LogP) is 0.770. The SMILES string of the molecule is O=C(c1ccc2nc[nH]c2c1)N1CC[C@H](O)C1. The minimum Gasteiger partial charge on any atom is -0.391 e. The van der Waals surface area contributed by atoms with Crippen molar-refractivity contribution in [3.63, 3.8) is 0 Å². The molecule has 5 heteroatoms. The van der Waals surface area contributed by atoms with Gasteiger partial charge in [0.05, 0.1) is 23.5 Å². The van der Waals surface area contributed by atoms with E-state index in [4.69, 9.17) is 0 Å². The van der Waals surface area contributed by atoms with Gasteiger partial charge in [0.1, 0.15) is 0 Å². The van der Waals surface area contributed by atoms with Crippen LogP contribution in [0.5, 0.6) is 0 Å². The van der Waals surface area contributed by atoms with Gasteiger partial charge in [-0.15, -0.1) is 0 Å². The van der Waals surface area contributed by atoms with Crippen molar-refractivity contribution in [1.29, 1.82) is 0 Å². The smallest absolute Gasteiger partial charge is 0.254 e. The van der Waals surface area contributed by atoms with Gasteiger partial charge in [-0.3, -0.25) is 4.79 Å². The van der Waals surface area contributed by atoms with E-state index in [1.165, 1.54) is 0 Å². The Bertz CT molecular complexity index is 564. The Balaban J connectivity index is 1.89. The van der Waals surface area contributed by atoms with Gasteiger partial charge in [-0.05, 0) is 24.6 Å². The first kappa shape index (κ1) is 10.3. The molecule has 2 heterocycles. The third-order valence-corrected chi connectivity index (χ3v) is 3.12. The van der Waals surface area contributed by atoms with Gasteiger partial charge in [0.2, 0.25) is 0 Å². The minimum atomic E-state index is -0.380. The molecule has 0 radical (unpaired) electrons. The first-order chi connectivity index (χ1) is 8.24. The number of benzene rings is 1. The van der Waals surface area contributed by atoms with Gasteiger partial charge in [-0.25, -0.2) is 4.98 Å². The normalized spacial score (nSPS) is 20.1. The number of carbonyl (C=O) groups excluding carboxylic acids is 1.